The van der Waals surface area contributed by atoms with E-state index < -0.39 is 5.41 Å². The maximum absolute atomic E-state index is 4.01. The average Bonchev–Trinajstić information content (AvgIpc) is 3.94. The minimum atomic E-state index is -0.478. The molecule has 62 heavy (non-hydrogen) atoms. The van der Waals surface area contributed by atoms with Gasteiger partial charge in [0.1, 0.15) is 0 Å². The highest BCUT2D eigenvalue weighted by Crippen LogP contribution is 2.65. The number of anilines is 2. The van der Waals surface area contributed by atoms with Crippen molar-refractivity contribution in [3.63, 3.8) is 0 Å². The van der Waals surface area contributed by atoms with E-state index in [1.807, 2.05) is 6.08 Å². The van der Waals surface area contributed by atoms with E-state index in [0.717, 1.165) is 22.8 Å². The molecule has 0 N–H and O–H groups in total. The summed E-state index contributed by atoms with van der Waals surface area (Å²) in [7, 11) is 0. The van der Waals surface area contributed by atoms with Gasteiger partial charge in [-0.05, 0) is 142 Å². The Labute approximate surface area is 364 Å². The minimum Gasteiger partial charge on any atom is -0.313 e. The third-order valence-electron chi connectivity index (χ3n) is 13.2. The van der Waals surface area contributed by atoms with Crippen LogP contribution >= 0.6 is 0 Å². The van der Waals surface area contributed by atoms with Gasteiger partial charge in [0.2, 0.25) is 0 Å². The second kappa shape index (κ2) is 14.8. The third-order valence-corrected chi connectivity index (χ3v) is 13.2. The lowest BCUT2D eigenvalue weighted by atomic mass is 9.70. The Kier molecular flexibility index (Phi) is 8.91. The highest BCUT2D eigenvalue weighted by molar-refractivity contribution is 6.12. The van der Waals surface area contributed by atoms with Gasteiger partial charge < -0.3 is 9.47 Å². The molecule has 0 saturated heterocycles. The molecule has 1 aromatic heterocycles. The van der Waals surface area contributed by atoms with Crippen molar-refractivity contribution in [1.29, 1.82) is 0 Å². The fraction of sp³-hybridized carbons (Fsp3) is 0.0667. The van der Waals surface area contributed by atoms with E-state index in [2.05, 4.69) is 243 Å². The number of para-hydroxylation sites is 2. The van der Waals surface area contributed by atoms with Crippen molar-refractivity contribution in [3.8, 4) is 44.5 Å². The van der Waals surface area contributed by atoms with E-state index in [0.29, 0.717) is 0 Å². The number of hydrogen-bond donors (Lipinski definition) is 0. The maximum atomic E-state index is 4.01. The molecule has 0 unspecified atom stereocenters. The van der Waals surface area contributed by atoms with Crippen molar-refractivity contribution in [2.24, 2.45) is 0 Å². The van der Waals surface area contributed by atoms with E-state index in [9.17, 15) is 0 Å². The second-order valence-electron chi connectivity index (χ2n) is 16.4. The lowest BCUT2D eigenvalue weighted by Crippen LogP contribution is -2.25. The molecular weight excluding hydrogens is 749 g/mol. The predicted molar refractivity (Wildman–Crippen MR) is 264 cm³/mol. The number of aromatic nitrogens is 1. The van der Waals surface area contributed by atoms with Crippen molar-refractivity contribution in [1.82, 2.24) is 4.57 Å². The first kappa shape index (κ1) is 37.3. The van der Waals surface area contributed by atoms with Crippen molar-refractivity contribution in [2.45, 2.75) is 26.2 Å². The van der Waals surface area contributed by atoms with Crippen LogP contribution in [-0.4, -0.2) is 4.57 Å². The highest BCUT2D eigenvalue weighted by atomic mass is 15.1. The summed E-state index contributed by atoms with van der Waals surface area (Å²) in [5, 5.41) is 2.48. The van der Waals surface area contributed by atoms with Crippen LogP contribution in [0.1, 0.15) is 43.0 Å². The third kappa shape index (κ3) is 5.36. The molecule has 2 aliphatic rings. The molecule has 1 heterocycles. The Balaban J connectivity index is 1.18. The lowest BCUT2D eigenvalue weighted by molar-refractivity contribution is 0.794. The van der Waals surface area contributed by atoms with Crippen molar-refractivity contribution < 1.29 is 0 Å². The quantitative estimate of drug-likeness (QED) is 0.139. The molecule has 2 nitrogen and oxygen atoms in total. The number of allylic oxidation sites excluding steroid dienone is 6. The second-order valence-corrected chi connectivity index (χ2v) is 16.4. The van der Waals surface area contributed by atoms with Crippen LogP contribution < -0.4 is 4.90 Å². The first-order valence-electron chi connectivity index (χ1n) is 21.6. The zero-order valence-corrected chi connectivity index (χ0v) is 35.3. The van der Waals surface area contributed by atoms with Crippen LogP contribution in [0.5, 0.6) is 0 Å². The first-order chi connectivity index (χ1) is 30.6. The van der Waals surface area contributed by atoms with Gasteiger partial charge in [0.05, 0.1) is 16.4 Å². The highest BCUT2D eigenvalue weighted by Gasteiger charge is 2.52. The zero-order valence-electron chi connectivity index (χ0n) is 35.3. The normalized spacial score (nSPS) is 13.7. The van der Waals surface area contributed by atoms with Crippen molar-refractivity contribution >= 4 is 38.9 Å². The van der Waals surface area contributed by atoms with Gasteiger partial charge in [-0.25, -0.2) is 0 Å². The maximum Gasteiger partial charge on any atom is 0.0725 e. The number of hydrogen-bond acceptors (Lipinski definition) is 1. The Morgan fingerprint density at radius 1 is 0.516 bits per heavy atom. The Morgan fingerprint density at radius 2 is 1.05 bits per heavy atom. The molecule has 0 radical (unpaired) electrons. The fourth-order valence-corrected chi connectivity index (χ4v) is 10.8. The molecule has 9 aromatic rings. The summed E-state index contributed by atoms with van der Waals surface area (Å²) in [6, 6.07) is 67.8. The molecule has 0 aliphatic heterocycles. The molecule has 8 aromatic carbocycles. The summed E-state index contributed by atoms with van der Waals surface area (Å²) < 4.78 is 2.36. The molecule has 0 atom stereocenters. The van der Waals surface area contributed by atoms with E-state index in [1.54, 1.807) is 0 Å². The van der Waals surface area contributed by atoms with E-state index in [-0.39, 0.29) is 0 Å². The van der Waals surface area contributed by atoms with Crippen LogP contribution in [0.15, 0.2) is 225 Å². The lowest BCUT2D eigenvalue weighted by Gasteiger charge is -2.30. The number of fused-ring (bicyclic) bond motifs is 13. The van der Waals surface area contributed by atoms with Gasteiger partial charge in [0.15, 0.2) is 0 Å². The summed E-state index contributed by atoms with van der Waals surface area (Å²) in [6.07, 6.45) is 10.4. The van der Waals surface area contributed by atoms with Crippen LogP contribution in [0.2, 0.25) is 0 Å². The molecule has 0 saturated carbocycles. The summed E-state index contributed by atoms with van der Waals surface area (Å²) in [4.78, 5) is 2.33. The van der Waals surface area contributed by atoms with Crippen LogP contribution in [0.25, 0.3) is 72.0 Å². The minimum absolute atomic E-state index is 0.478. The van der Waals surface area contributed by atoms with E-state index in [1.165, 1.54) is 88.6 Å². The molecule has 0 amide bonds. The molecule has 2 aliphatic carbocycles. The van der Waals surface area contributed by atoms with Gasteiger partial charge in [0, 0.05) is 33.5 Å². The standard InChI is InChI=1S/C60H46N2/c1-5-19-40(4)61-56-32-16-13-25-50(56)51-39-42(35-38-57(51)61)47-27-18-31-55-59(47)58-46(41-33-36-45(37-34-41)62(43(7-3)20-6-2)44-21-9-8-10-22-44)26-17-30-54(58)60(55)52-28-14-11-23-48(52)49-24-12-15-29-53(49)60/h5-39H,1H2,2-4H3/b20-6-,40-19+,43-7+. The molecule has 296 valence electrons. The predicted octanol–water partition coefficient (Wildman–Crippen LogP) is 16.1. The number of benzene rings is 8. The smallest absolute Gasteiger partial charge is 0.0725 e. The van der Waals surface area contributed by atoms with Gasteiger partial charge in [-0.2, -0.15) is 0 Å². The summed E-state index contributed by atoms with van der Waals surface area (Å²) in [5.41, 5.74) is 21.8. The Bertz CT molecular complexity index is 3290. The fourth-order valence-electron chi connectivity index (χ4n) is 10.8. The topological polar surface area (TPSA) is 8.17 Å². The molecule has 11 rings (SSSR count). The van der Waals surface area contributed by atoms with E-state index in [4.69, 9.17) is 0 Å². The molecule has 0 bridgehead atoms. The van der Waals surface area contributed by atoms with Gasteiger partial charge in [0.25, 0.3) is 0 Å². The molecule has 1 spiro atoms. The van der Waals surface area contributed by atoms with Gasteiger partial charge in [-0.3, -0.25) is 0 Å². The Morgan fingerprint density at radius 3 is 1.69 bits per heavy atom. The van der Waals surface area contributed by atoms with Crippen molar-refractivity contribution in [2.75, 3.05) is 4.90 Å². The summed E-state index contributed by atoms with van der Waals surface area (Å²) in [6.45, 7) is 10.3. The van der Waals surface area contributed by atoms with Crippen LogP contribution in [0.3, 0.4) is 0 Å². The number of nitrogens with zero attached hydrogens (tertiary/aromatic N) is 2. The van der Waals surface area contributed by atoms with Crippen molar-refractivity contribution in [3.05, 3.63) is 247 Å². The molecule has 2 heteroatoms. The van der Waals surface area contributed by atoms with E-state index >= 15 is 0 Å². The van der Waals surface area contributed by atoms with Crippen LogP contribution in [0.4, 0.5) is 11.4 Å². The van der Waals surface area contributed by atoms with Crippen LogP contribution in [-0.2, 0) is 5.41 Å². The van der Waals surface area contributed by atoms with Gasteiger partial charge in [-0.15, -0.1) is 0 Å². The summed E-state index contributed by atoms with van der Waals surface area (Å²) >= 11 is 0. The van der Waals surface area contributed by atoms with Gasteiger partial charge >= 0.3 is 0 Å². The average molecular weight is 795 g/mol. The SMILES string of the molecule is C=C/C=C(\C)n1c2ccccc2c2cc(-c3cccc4c3-c3c(-c5ccc(N(C(/C=C\C)=C/C)c6ccccc6)cc5)cccc3C43c4ccccc4-c4ccccc43)ccc21. The number of rotatable bonds is 8. The molecular formula is C60H46N2. The zero-order chi connectivity index (χ0) is 42.0. The van der Waals surface area contributed by atoms with Gasteiger partial charge in [-0.1, -0.05) is 164 Å². The van der Waals surface area contributed by atoms with Crippen LogP contribution in [0, 0.1) is 0 Å². The summed E-state index contributed by atoms with van der Waals surface area (Å²) in [5.74, 6) is 0. The first-order valence-corrected chi connectivity index (χ1v) is 21.6. The monoisotopic (exact) mass is 794 g/mol. The largest absolute Gasteiger partial charge is 0.313 e. The Hall–Kier alpha value is -7.68. The molecule has 0 fully saturated rings.